The highest BCUT2D eigenvalue weighted by Gasteiger charge is 1.88. The highest BCUT2D eigenvalue weighted by Crippen LogP contribution is 1.76. The van der Waals surface area contributed by atoms with Crippen molar-refractivity contribution in [3.05, 3.63) is 0 Å². The number of rotatable bonds is 2. The van der Waals surface area contributed by atoms with Crippen molar-refractivity contribution in [3.8, 4) is 0 Å². The Hall–Kier alpha value is -1.06. The normalized spacial score (nSPS) is 6.57. The molecule has 0 heterocycles. The van der Waals surface area contributed by atoms with Crippen LogP contribution in [-0.4, -0.2) is 26.2 Å². The van der Waals surface area contributed by atoms with Crippen molar-refractivity contribution in [2.45, 2.75) is 41.5 Å². The Morgan fingerprint density at radius 3 is 1.07 bits per heavy atom. The lowest BCUT2D eigenvalue weighted by Crippen LogP contribution is -1.94. The molecule has 0 amide bonds. The fraction of sp³-hybridized carbons (Fsp3) is 0.800. The molecular weight excluding hydrogens is 184 g/mol. The van der Waals surface area contributed by atoms with E-state index in [2.05, 4.69) is 9.47 Å². The second-order valence-electron chi connectivity index (χ2n) is 1.86. The molecule has 0 aliphatic rings. The Labute approximate surface area is 87.6 Å². The van der Waals surface area contributed by atoms with Crippen LogP contribution in [0, 0.1) is 0 Å². The summed E-state index contributed by atoms with van der Waals surface area (Å²) in [6.45, 7) is 3.51. The third kappa shape index (κ3) is 22.4. The van der Waals surface area contributed by atoms with Crippen molar-refractivity contribution in [2.24, 2.45) is 0 Å². The lowest BCUT2D eigenvalue weighted by molar-refractivity contribution is -0.141. The molecule has 14 heavy (non-hydrogen) atoms. The predicted molar refractivity (Wildman–Crippen MR) is 58.1 cm³/mol. The predicted octanol–water partition coefficient (Wildman–Crippen LogP) is 2.41. The number of hydrogen-bond acceptors (Lipinski definition) is 4. The highest BCUT2D eigenvalue weighted by atomic mass is 16.5. The summed E-state index contributed by atoms with van der Waals surface area (Å²) in [5.74, 6) is -0.315. The van der Waals surface area contributed by atoms with Gasteiger partial charge in [-0.15, -0.1) is 0 Å². The zero-order chi connectivity index (χ0) is 9.98. The van der Waals surface area contributed by atoms with E-state index in [-0.39, 0.29) is 26.8 Å². The monoisotopic (exact) mass is 208 g/mol. The molecule has 0 rings (SSSR count). The number of hydrogen-bond donors (Lipinski definition) is 0. The Morgan fingerprint density at radius 2 is 1.07 bits per heavy atom. The Kier molecular flexibility index (Phi) is 29.5. The second kappa shape index (κ2) is 17.9. The van der Waals surface area contributed by atoms with Crippen LogP contribution >= 0.6 is 0 Å². The minimum absolute atomic E-state index is 0. The van der Waals surface area contributed by atoms with Crippen molar-refractivity contribution in [1.82, 2.24) is 0 Å². The number of ether oxygens (including phenoxy) is 2. The van der Waals surface area contributed by atoms with Crippen LogP contribution in [0.15, 0.2) is 0 Å². The van der Waals surface area contributed by atoms with E-state index in [0.717, 1.165) is 0 Å². The Bertz CT molecular complexity index is 104. The quantitative estimate of drug-likeness (QED) is 0.654. The van der Waals surface area contributed by atoms with Gasteiger partial charge in [-0.05, 0) is 0 Å². The van der Waals surface area contributed by atoms with E-state index in [0.29, 0.717) is 12.8 Å². The summed E-state index contributed by atoms with van der Waals surface area (Å²) in [7, 11) is 2.76. The lowest BCUT2D eigenvalue weighted by atomic mass is 10.5. The molecule has 0 fully saturated rings. The van der Waals surface area contributed by atoms with E-state index < -0.39 is 0 Å². The molecule has 0 aliphatic carbocycles. The average Bonchev–Trinajstić information content (AvgIpc) is 2.16. The zero-order valence-corrected chi connectivity index (χ0v) is 8.05. The second-order valence-corrected chi connectivity index (χ2v) is 1.86. The molecular formula is C10H24O4. The number of carbonyl (C=O) groups excluding carboxylic acids is 2. The van der Waals surface area contributed by atoms with Crippen molar-refractivity contribution >= 4 is 11.9 Å². The van der Waals surface area contributed by atoms with Crippen LogP contribution in [0.25, 0.3) is 0 Å². The number of methoxy groups -OCH3 is 2. The first-order valence-corrected chi connectivity index (χ1v) is 3.75. The van der Waals surface area contributed by atoms with E-state index >= 15 is 0 Å². The largest absolute Gasteiger partial charge is 0.469 e. The Balaban J connectivity index is -0.0000000625. The van der Waals surface area contributed by atoms with Crippen molar-refractivity contribution < 1.29 is 19.1 Å². The van der Waals surface area contributed by atoms with Gasteiger partial charge in [-0.25, -0.2) is 0 Å². The molecule has 0 atom stereocenters. The van der Waals surface area contributed by atoms with Crippen LogP contribution in [-0.2, 0) is 19.1 Å². The minimum Gasteiger partial charge on any atom is -0.469 e. The fourth-order valence-corrected chi connectivity index (χ4v) is 0.289. The SMILES string of the molecule is C.C.CCC(=O)OC.CCC(=O)OC. The summed E-state index contributed by atoms with van der Waals surface area (Å²) in [5.41, 5.74) is 0. The zero-order valence-electron chi connectivity index (χ0n) is 8.05. The van der Waals surface area contributed by atoms with Crippen LogP contribution in [0.1, 0.15) is 41.5 Å². The molecule has 0 saturated heterocycles. The maximum absolute atomic E-state index is 9.96. The molecule has 4 nitrogen and oxygen atoms in total. The molecule has 0 saturated carbocycles. The van der Waals surface area contributed by atoms with Crippen molar-refractivity contribution in [1.29, 1.82) is 0 Å². The van der Waals surface area contributed by atoms with Crippen molar-refractivity contribution in [3.63, 3.8) is 0 Å². The summed E-state index contributed by atoms with van der Waals surface area (Å²) in [6, 6.07) is 0. The van der Waals surface area contributed by atoms with Gasteiger partial charge < -0.3 is 9.47 Å². The molecule has 0 aromatic carbocycles. The van der Waals surface area contributed by atoms with Gasteiger partial charge >= 0.3 is 11.9 Å². The lowest BCUT2D eigenvalue weighted by Gasteiger charge is -1.87. The van der Waals surface area contributed by atoms with Crippen LogP contribution < -0.4 is 0 Å². The molecule has 0 unspecified atom stereocenters. The summed E-state index contributed by atoms with van der Waals surface area (Å²) < 4.78 is 8.52. The maximum atomic E-state index is 9.96. The maximum Gasteiger partial charge on any atom is 0.305 e. The minimum atomic E-state index is -0.157. The first kappa shape index (κ1) is 23.1. The molecule has 4 heteroatoms. The summed E-state index contributed by atoms with van der Waals surface area (Å²) in [5, 5.41) is 0. The van der Waals surface area contributed by atoms with E-state index in [9.17, 15) is 9.59 Å². The van der Waals surface area contributed by atoms with Gasteiger partial charge in [0.2, 0.25) is 0 Å². The van der Waals surface area contributed by atoms with Crippen LogP contribution in [0.2, 0.25) is 0 Å². The van der Waals surface area contributed by atoms with Gasteiger partial charge in [-0.2, -0.15) is 0 Å². The summed E-state index contributed by atoms with van der Waals surface area (Å²) >= 11 is 0. The third-order valence-electron chi connectivity index (χ3n) is 1.03. The number of esters is 2. The average molecular weight is 208 g/mol. The fourth-order valence-electron chi connectivity index (χ4n) is 0.289. The van der Waals surface area contributed by atoms with E-state index in [1.807, 2.05) is 0 Å². The highest BCUT2D eigenvalue weighted by molar-refractivity contribution is 5.68. The van der Waals surface area contributed by atoms with E-state index in [4.69, 9.17) is 0 Å². The van der Waals surface area contributed by atoms with Gasteiger partial charge in [-0.1, -0.05) is 28.7 Å². The van der Waals surface area contributed by atoms with Crippen LogP contribution in [0.3, 0.4) is 0 Å². The van der Waals surface area contributed by atoms with Crippen LogP contribution in [0.5, 0.6) is 0 Å². The number of carbonyl (C=O) groups is 2. The molecule has 88 valence electrons. The smallest absolute Gasteiger partial charge is 0.305 e. The molecule has 0 N–H and O–H groups in total. The van der Waals surface area contributed by atoms with E-state index in [1.54, 1.807) is 13.8 Å². The first-order chi connectivity index (χ1) is 5.62. The van der Waals surface area contributed by atoms with Gasteiger partial charge in [-0.3, -0.25) is 9.59 Å². The van der Waals surface area contributed by atoms with Gasteiger partial charge in [0.25, 0.3) is 0 Å². The Morgan fingerprint density at radius 1 is 0.857 bits per heavy atom. The standard InChI is InChI=1S/2C4H8O2.2CH4/c2*1-3-4(5)6-2;;/h2*3H2,1-2H3;2*1H4. The third-order valence-corrected chi connectivity index (χ3v) is 1.03. The van der Waals surface area contributed by atoms with Crippen LogP contribution in [0.4, 0.5) is 0 Å². The molecule has 0 aliphatic heterocycles. The first-order valence-electron chi connectivity index (χ1n) is 3.75. The molecule has 0 bridgehead atoms. The molecule has 0 aromatic heterocycles. The van der Waals surface area contributed by atoms with Gasteiger partial charge in [0.05, 0.1) is 14.2 Å². The van der Waals surface area contributed by atoms with E-state index in [1.165, 1.54) is 14.2 Å². The molecule has 0 aromatic rings. The summed E-state index contributed by atoms with van der Waals surface area (Å²) in [6.07, 6.45) is 0.938. The van der Waals surface area contributed by atoms with Gasteiger partial charge in [0, 0.05) is 12.8 Å². The van der Waals surface area contributed by atoms with Gasteiger partial charge in [0.15, 0.2) is 0 Å². The molecule has 0 spiro atoms. The van der Waals surface area contributed by atoms with Gasteiger partial charge in [0.1, 0.15) is 0 Å². The summed E-state index contributed by atoms with van der Waals surface area (Å²) in [4.78, 5) is 19.9. The molecule has 0 radical (unpaired) electrons. The van der Waals surface area contributed by atoms with Crippen molar-refractivity contribution in [2.75, 3.05) is 14.2 Å². The topological polar surface area (TPSA) is 52.6 Å².